The molecule has 1 aromatic carbocycles. The topological polar surface area (TPSA) is 87.2 Å². The molecule has 2 N–H and O–H groups in total. The van der Waals surface area contributed by atoms with Gasteiger partial charge < -0.3 is 10.2 Å². The lowest BCUT2D eigenvalue weighted by atomic mass is 10.3. The molecule has 0 saturated heterocycles. The van der Waals surface area contributed by atoms with E-state index in [0.717, 1.165) is 26.6 Å². The fourth-order valence-corrected chi connectivity index (χ4v) is 5.33. The number of hydrogen-bond acceptors (Lipinski definition) is 7. The molecule has 0 bridgehead atoms. The first kappa shape index (κ1) is 19.6. The van der Waals surface area contributed by atoms with Gasteiger partial charge in [0.15, 0.2) is 0 Å². The fourth-order valence-electron chi connectivity index (χ4n) is 2.26. The molecule has 0 unspecified atom stereocenters. The molecule has 10 heteroatoms. The maximum atomic E-state index is 12.4. The van der Waals surface area contributed by atoms with Crippen LogP contribution in [0.25, 0.3) is 0 Å². The van der Waals surface area contributed by atoms with Crippen molar-refractivity contribution in [1.29, 1.82) is 0 Å². The number of thiophene rings is 1. The number of anilines is 4. The highest BCUT2D eigenvalue weighted by Crippen LogP contribution is 2.28. The number of aryl methyl sites for hydroxylation is 1. The molecule has 3 rings (SSSR count). The highest BCUT2D eigenvalue weighted by Gasteiger charge is 2.16. The molecule has 2 aromatic heterocycles. The van der Waals surface area contributed by atoms with Gasteiger partial charge in [0, 0.05) is 31.5 Å². The Kier molecular flexibility index (Phi) is 5.68. The van der Waals surface area contributed by atoms with E-state index in [1.807, 2.05) is 32.0 Å². The Labute approximate surface area is 170 Å². The van der Waals surface area contributed by atoms with Crippen molar-refractivity contribution < 1.29 is 8.42 Å². The van der Waals surface area contributed by atoms with Gasteiger partial charge in [0.2, 0.25) is 0 Å². The first-order valence-electron chi connectivity index (χ1n) is 7.91. The zero-order valence-corrected chi connectivity index (χ0v) is 18.1. The van der Waals surface area contributed by atoms with Gasteiger partial charge in [0.05, 0.1) is 3.79 Å². The predicted octanol–water partition coefficient (Wildman–Crippen LogP) is 4.22. The van der Waals surface area contributed by atoms with Crippen LogP contribution in [0.1, 0.15) is 5.82 Å². The summed E-state index contributed by atoms with van der Waals surface area (Å²) in [5.74, 6) is 2.13. The third-order valence-corrected chi connectivity index (χ3v) is 7.00. The van der Waals surface area contributed by atoms with Crippen LogP contribution in [0, 0.1) is 6.92 Å². The molecule has 0 saturated carbocycles. The van der Waals surface area contributed by atoms with Crippen LogP contribution >= 0.6 is 27.3 Å². The fraction of sp³-hybridized carbons (Fsp3) is 0.176. The summed E-state index contributed by atoms with van der Waals surface area (Å²) in [6, 6.07) is 12.1. The smallest absolute Gasteiger partial charge is 0.271 e. The van der Waals surface area contributed by atoms with Gasteiger partial charge in [-0.15, -0.1) is 11.3 Å². The third-order valence-electron chi connectivity index (χ3n) is 3.51. The Bertz CT molecular complexity index is 1050. The largest absolute Gasteiger partial charge is 0.363 e. The number of nitrogens with one attached hydrogen (secondary N) is 2. The minimum atomic E-state index is -3.59. The summed E-state index contributed by atoms with van der Waals surface area (Å²) in [6.07, 6.45) is 0. The van der Waals surface area contributed by atoms with Gasteiger partial charge in [-0.2, -0.15) is 0 Å². The number of benzene rings is 1. The molecule has 7 nitrogen and oxygen atoms in total. The molecular formula is C17H18BrN5O2S2. The van der Waals surface area contributed by atoms with Gasteiger partial charge in [-0.25, -0.2) is 18.4 Å². The molecule has 0 spiro atoms. The lowest BCUT2D eigenvalue weighted by Gasteiger charge is -2.14. The van der Waals surface area contributed by atoms with Crippen molar-refractivity contribution in [3.05, 3.63) is 52.1 Å². The predicted molar refractivity (Wildman–Crippen MR) is 114 cm³/mol. The molecule has 0 aliphatic carbocycles. The molecule has 0 radical (unpaired) electrons. The normalized spacial score (nSPS) is 11.3. The van der Waals surface area contributed by atoms with Crippen LogP contribution in [0.3, 0.4) is 0 Å². The van der Waals surface area contributed by atoms with Crippen LogP contribution in [-0.4, -0.2) is 32.5 Å². The zero-order valence-electron chi connectivity index (χ0n) is 14.9. The van der Waals surface area contributed by atoms with E-state index in [4.69, 9.17) is 0 Å². The van der Waals surface area contributed by atoms with Gasteiger partial charge in [0.1, 0.15) is 21.7 Å². The van der Waals surface area contributed by atoms with Gasteiger partial charge in [-0.05, 0) is 59.3 Å². The molecule has 0 amide bonds. The van der Waals surface area contributed by atoms with Crippen molar-refractivity contribution >= 4 is 60.3 Å². The van der Waals surface area contributed by atoms with Gasteiger partial charge in [0.25, 0.3) is 10.0 Å². The zero-order chi connectivity index (χ0) is 19.6. The van der Waals surface area contributed by atoms with Crippen LogP contribution in [-0.2, 0) is 10.0 Å². The Morgan fingerprint density at radius 3 is 2.30 bits per heavy atom. The molecular weight excluding hydrogens is 450 g/mol. The van der Waals surface area contributed by atoms with E-state index in [9.17, 15) is 8.42 Å². The molecule has 142 valence electrons. The first-order valence-corrected chi connectivity index (χ1v) is 11.0. The van der Waals surface area contributed by atoms with E-state index < -0.39 is 10.0 Å². The number of sulfonamides is 1. The van der Waals surface area contributed by atoms with E-state index in [1.165, 1.54) is 0 Å². The molecule has 0 fully saturated rings. The monoisotopic (exact) mass is 467 g/mol. The third kappa shape index (κ3) is 4.96. The molecule has 27 heavy (non-hydrogen) atoms. The summed E-state index contributed by atoms with van der Waals surface area (Å²) in [4.78, 5) is 10.6. The molecule has 0 aliphatic heterocycles. The molecule has 2 heterocycles. The van der Waals surface area contributed by atoms with Crippen LogP contribution in [0.15, 0.2) is 50.5 Å². The Balaban J connectivity index is 1.74. The SMILES string of the molecule is Cc1nc(Nc2ccc(NS(=O)(=O)c3ccc(Br)s3)cc2)cc(N(C)C)n1. The van der Waals surface area contributed by atoms with Gasteiger partial charge in [-0.3, -0.25) is 4.72 Å². The maximum Gasteiger partial charge on any atom is 0.271 e. The Morgan fingerprint density at radius 1 is 1.04 bits per heavy atom. The second-order valence-corrected chi connectivity index (χ2v) is 10.3. The number of rotatable bonds is 6. The summed E-state index contributed by atoms with van der Waals surface area (Å²) in [7, 11) is 0.238. The summed E-state index contributed by atoms with van der Waals surface area (Å²) in [6.45, 7) is 1.83. The minimum absolute atomic E-state index is 0.254. The standard InChI is InChI=1S/C17H18BrN5O2S2/c1-11-19-15(10-16(20-11)23(2)3)21-12-4-6-13(7-5-12)22-27(24,25)17-9-8-14(18)26-17/h4-10,22H,1-3H3,(H,19,20,21). The van der Waals surface area contributed by atoms with E-state index in [1.54, 1.807) is 36.4 Å². The van der Waals surface area contributed by atoms with E-state index in [0.29, 0.717) is 17.3 Å². The van der Waals surface area contributed by atoms with Crippen molar-refractivity contribution in [1.82, 2.24) is 9.97 Å². The number of halogens is 1. The average Bonchev–Trinajstić information content (AvgIpc) is 3.03. The van der Waals surface area contributed by atoms with Crippen molar-refractivity contribution in [3.63, 3.8) is 0 Å². The van der Waals surface area contributed by atoms with Crippen LogP contribution in [0.5, 0.6) is 0 Å². The number of hydrogen-bond donors (Lipinski definition) is 2. The summed E-state index contributed by atoms with van der Waals surface area (Å²) >= 11 is 4.43. The summed E-state index contributed by atoms with van der Waals surface area (Å²) in [5.41, 5.74) is 1.28. The molecule has 3 aromatic rings. The highest BCUT2D eigenvalue weighted by molar-refractivity contribution is 9.11. The molecule has 0 atom stereocenters. The van der Waals surface area contributed by atoms with Crippen LogP contribution in [0.4, 0.5) is 23.0 Å². The first-order chi connectivity index (χ1) is 12.7. The summed E-state index contributed by atoms with van der Waals surface area (Å²) in [5, 5.41) is 3.21. The van der Waals surface area contributed by atoms with Crippen molar-refractivity contribution in [2.45, 2.75) is 11.1 Å². The van der Waals surface area contributed by atoms with Crippen molar-refractivity contribution in [2.24, 2.45) is 0 Å². The summed E-state index contributed by atoms with van der Waals surface area (Å²) < 4.78 is 28.3. The lowest BCUT2D eigenvalue weighted by Crippen LogP contribution is -2.12. The van der Waals surface area contributed by atoms with E-state index >= 15 is 0 Å². The van der Waals surface area contributed by atoms with Crippen molar-refractivity contribution in [2.75, 3.05) is 29.0 Å². The van der Waals surface area contributed by atoms with Crippen LogP contribution < -0.4 is 14.9 Å². The number of aromatic nitrogens is 2. The number of nitrogens with zero attached hydrogens (tertiary/aromatic N) is 3. The van der Waals surface area contributed by atoms with Crippen LogP contribution in [0.2, 0.25) is 0 Å². The lowest BCUT2D eigenvalue weighted by molar-refractivity contribution is 0.603. The van der Waals surface area contributed by atoms with Gasteiger partial charge >= 0.3 is 0 Å². The quantitative estimate of drug-likeness (QED) is 0.564. The Hall–Kier alpha value is -2.17. The Morgan fingerprint density at radius 2 is 1.70 bits per heavy atom. The van der Waals surface area contributed by atoms with Gasteiger partial charge in [-0.1, -0.05) is 0 Å². The van der Waals surface area contributed by atoms with Crippen molar-refractivity contribution in [3.8, 4) is 0 Å². The second kappa shape index (κ2) is 7.83. The molecule has 0 aliphatic rings. The highest BCUT2D eigenvalue weighted by atomic mass is 79.9. The second-order valence-electron chi connectivity index (χ2n) is 5.92. The van der Waals surface area contributed by atoms with E-state index in [-0.39, 0.29) is 4.21 Å². The average molecular weight is 468 g/mol. The maximum absolute atomic E-state index is 12.4. The van der Waals surface area contributed by atoms with E-state index in [2.05, 4.69) is 35.9 Å². The minimum Gasteiger partial charge on any atom is -0.363 e.